The SMILES string of the molecule is CCOC(=O)CN=C/C(=C\N)c1ccn2ccnc2c1. The fraction of sp³-hybridized carbons (Fsp3) is 0.214. The highest BCUT2D eigenvalue weighted by Gasteiger charge is 2.02. The standard InChI is InChI=1S/C14H16N4O2/c1-2-20-14(19)10-16-9-12(8-15)11-3-5-18-6-4-17-13(18)7-11/h3-9H,2,10,15H2,1H3/b12-8+,16-9?. The lowest BCUT2D eigenvalue weighted by Gasteiger charge is -2.02. The molecule has 0 bridgehead atoms. The average molecular weight is 272 g/mol. The Labute approximate surface area is 116 Å². The number of hydrogen-bond donors (Lipinski definition) is 1. The Kier molecular flexibility index (Phi) is 4.49. The lowest BCUT2D eigenvalue weighted by Crippen LogP contribution is -2.07. The van der Waals surface area contributed by atoms with Gasteiger partial charge in [-0.15, -0.1) is 0 Å². The number of rotatable bonds is 5. The maximum atomic E-state index is 11.2. The van der Waals surface area contributed by atoms with Crippen molar-refractivity contribution in [3.8, 4) is 0 Å². The first kappa shape index (κ1) is 13.8. The highest BCUT2D eigenvalue weighted by atomic mass is 16.5. The van der Waals surface area contributed by atoms with Gasteiger partial charge in [-0.1, -0.05) is 0 Å². The zero-order valence-electron chi connectivity index (χ0n) is 11.2. The minimum absolute atomic E-state index is 0.0171. The summed E-state index contributed by atoms with van der Waals surface area (Å²) in [5.74, 6) is -0.358. The summed E-state index contributed by atoms with van der Waals surface area (Å²) in [4.78, 5) is 19.4. The number of carbonyl (C=O) groups excluding carboxylic acids is 1. The van der Waals surface area contributed by atoms with Crippen LogP contribution in [0.4, 0.5) is 0 Å². The predicted molar refractivity (Wildman–Crippen MR) is 77.3 cm³/mol. The van der Waals surface area contributed by atoms with E-state index in [-0.39, 0.29) is 12.5 Å². The van der Waals surface area contributed by atoms with Gasteiger partial charge in [0.15, 0.2) is 0 Å². The molecule has 0 atom stereocenters. The number of esters is 1. The summed E-state index contributed by atoms with van der Waals surface area (Å²) in [6.07, 6.45) is 8.48. The van der Waals surface area contributed by atoms with Crippen LogP contribution in [-0.2, 0) is 9.53 Å². The number of nitrogens with zero attached hydrogens (tertiary/aromatic N) is 3. The molecule has 2 N–H and O–H groups in total. The first-order chi connectivity index (χ1) is 9.74. The molecule has 2 aromatic rings. The van der Waals surface area contributed by atoms with Gasteiger partial charge in [-0.05, 0) is 24.6 Å². The van der Waals surface area contributed by atoms with Gasteiger partial charge < -0.3 is 14.9 Å². The van der Waals surface area contributed by atoms with Crippen molar-refractivity contribution in [2.75, 3.05) is 13.2 Å². The Morgan fingerprint density at radius 2 is 2.40 bits per heavy atom. The minimum Gasteiger partial charge on any atom is -0.465 e. The Balaban J connectivity index is 2.11. The van der Waals surface area contributed by atoms with Crippen molar-refractivity contribution >= 4 is 23.4 Å². The third kappa shape index (κ3) is 3.23. The summed E-state index contributed by atoms with van der Waals surface area (Å²) in [5.41, 5.74) is 8.03. The molecule has 2 heterocycles. The van der Waals surface area contributed by atoms with Crippen molar-refractivity contribution in [3.05, 3.63) is 42.5 Å². The molecule has 2 aromatic heterocycles. The third-order valence-electron chi connectivity index (χ3n) is 2.67. The van der Waals surface area contributed by atoms with Crippen LogP contribution in [0, 0.1) is 0 Å². The van der Waals surface area contributed by atoms with Gasteiger partial charge in [0, 0.05) is 36.6 Å². The minimum atomic E-state index is -0.358. The average Bonchev–Trinajstić information content (AvgIpc) is 2.91. The van der Waals surface area contributed by atoms with Crippen LogP contribution in [0.1, 0.15) is 12.5 Å². The van der Waals surface area contributed by atoms with E-state index in [9.17, 15) is 4.79 Å². The van der Waals surface area contributed by atoms with Crippen LogP contribution >= 0.6 is 0 Å². The smallest absolute Gasteiger partial charge is 0.327 e. The molecular formula is C14H16N4O2. The molecule has 0 spiro atoms. The molecule has 0 aromatic carbocycles. The Morgan fingerprint density at radius 1 is 1.55 bits per heavy atom. The summed E-state index contributed by atoms with van der Waals surface area (Å²) in [7, 11) is 0. The van der Waals surface area contributed by atoms with E-state index in [2.05, 4.69) is 9.98 Å². The molecule has 20 heavy (non-hydrogen) atoms. The van der Waals surface area contributed by atoms with Crippen molar-refractivity contribution in [1.82, 2.24) is 9.38 Å². The van der Waals surface area contributed by atoms with E-state index in [4.69, 9.17) is 10.5 Å². The molecule has 0 fully saturated rings. The van der Waals surface area contributed by atoms with Crippen LogP contribution in [0.2, 0.25) is 0 Å². The highest BCUT2D eigenvalue weighted by molar-refractivity contribution is 6.10. The number of imidazole rings is 1. The van der Waals surface area contributed by atoms with Crippen LogP contribution in [0.3, 0.4) is 0 Å². The zero-order valence-corrected chi connectivity index (χ0v) is 11.2. The van der Waals surface area contributed by atoms with E-state index >= 15 is 0 Å². The molecule has 0 saturated heterocycles. The molecule has 2 rings (SSSR count). The fourth-order valence-corrected chi connectivity index (χ4v) is 1.73. The number of aliphatic imine (C=N–C) groups is 1. The highest BCUT2D eigenvalue weighted by Crippen LogP contribution is 2.13. The Bertz CT molecular complexity index is 658. The van der Waals surface area contributed by atoms with Gasteiger partial charge in [-0.2, -0.15) is 0 Å². The van der Waals surface area contributed by atoms with Crippen LogP contribution in [-0.4, -0.2) is 34.7 Å². The quantitative estimate of drug-likeness (QED) is 0.656. The second kappa shape index (κ2) is 6.51. The number of nitrogens with two attached hydrogens (primary N) is 1. The Hall–Kier alpha value is -2.63. The third-order valence-corrected chi connectivity index (χ3v) is 2.67. The van der Waals surface area contributed by atoms with Crippen molar-refractivity contribution < 1.29 is 9.53 Å². The number of pyridine rings is 1. The first-order valence-electron chi connectivity index (χ1n) is 6.25. The molecule has 6 heteroatoms. The lowest BCUT2D eigenvalue weighted by molar-refractivity contribution is -0.141. The summed E-state index contributed by atoms with van der Waals surface area (Å²) >= 11 is 0. The van der Waals surface area contributed by atoms with Gasteiger partial charge in [-0.25, -0.2) is 4.98 Å². The van der Waals surface area contributed by atoms with E-state index < -0.39 is 0 Å². The monoisotopic (exact) mass is 272 g/mol. The molecular weight excluding hydrogens is 256 g/mol. The first-order valence-corrected chi connectivity index (χ1v) is 6.25. The zero-order chi connectivity index (χ0) is 14.4. The molecule has 0 amide bonds. The van der Waals surface area contributed by atoms with Crippen LogP contribution in [0.15, 0.2) is 41.9 Å². The van der Waals surface area contributed by atoms with Crippen molar-refractivity contribution in [2.24, 2.45) is 10.7 Å². The molecule has 0 aliphatic rings. The topological polar surface area (TPSA) is 82.0 Å². The number of fused-ring (bicyclic) bond motifs is 1. The molecule has 0 aliphatic carbocycles. The van der Waals surface area contributed by atoms with E-state index in [0.29, 0.717) is 6.61 Å². The van der Waals surface area contributed by atoms with Gasteiger partial charge in [0.05, 0.1) is 6.61 Å². The number of allylic oxidation sites excluding steroid dienone is 1. The number of ether oxygens (including phenoxy) is 1. The molecule has 6 nitrogen and oxygen atoms in total. The van der Waals surface area contributed by atoms with E-state index in [0.717, 1.165) is 16.8 Å². The van der Waals surface area contributed by atoms with Gasteiger partial charge in [0.1, 0.15) is 12.2 Å². The number of hydrogen-bond acceptors (Lipinski definition) is 5. The fourth-order valence-electron chi connectivity index (χ4n) is 1.73. The summed E-state index contributed by atoms with van der Waals surface area (Å²) in [6.45, 7) is 2.09. The molecule has 0 radical (unpaired) electrons. The van der Waals surface area contributed by atoms with Crippen molar-refractivity contribution in [1.29, 1.82) is 0 Å². The largest absolute Gasteiger partial charge is 0.465 e. The molecule has 0 aliphatic heterocycles. The van der Waals surface area contributed by atoms with Crippen LogP contribution in [0.25, 0.3) is 11.2 Å². The second-order valence-corrected chi connectivity index (χ2v) is 4.00. The van der Waals surface area contributed by atoms with Gasteiger partial charge in [0.25, 0.3) is 0 Å². The van der Waals surface area contributed by atoms with E-state index in [1.54, 1.807) is 19.3 Å². The van der Waals surface area contributed by atoms with Crippen LogP contribution < -0.4 is 5.73 Å². The molecule has 0 unspecified atom stereocenters. The molecule has 0 saturated carbocycles. The molecule has 104 valence electrons. The predicted octanol–water partition coefficient (Wildman–Crippen LogP) is 1.27. The lowest BCUT2D eigenvalue weighted by atomic mass is 10.1. The van der Waals surface area contributed by atoms with Crippen molar-refractivity contribution in [3.63, 3.8) is 0 Å². The normalized spacial score (nSPS) is 12.2. The number of carbonyl (C=O) groups is 1. The maximum absolute atomic E-state index is 11.2. The number of aromatic nitrogens is 2. The van der Waals surface area contributed by atoms with Gasteiger partial charge in [-0.3, -0.25) is 9.79 Å². The van der Waals surface area contributed by atoms with E-state index in [1.165, 1.54) is 6.20 Å². The maximum Gasteiger partial charge on any atom is 0.327 e. The summed E-state index contributed by atoms with van der Waals surface area (Å²) in [6, 6.07) is 3.80. The summed E-state index contributed by atoms with van der Waals surface area (Å²) in [5, 5.41) is 0. The van der Waals surface area contributed by atoms with E-state index in [1.807, 2.05) is 28.9 Å². The van der Waals surface area contributed by atoms with Crippen molar-refractivity contribution in [2.45, 2.75) is 6.92 Å². The second-order valence-electron chi connectivity index (χ2n) is 4.00. The van der Waals surface area contributed by atoms with Gasteiger partial charge >= 0.3 is 5.97 Å². The van der Waals surface area contributed by atoms with Crippen LogP contribution in [0.5, 0.6) is 0 Å². The van der Waals surface area contributed by atoms with Gasteiger partial charge in [0.2, 0.25) is 0 Å². The summed E-state index contributed by atoms with van der Waals surface area (Å²) < 4.78 is 6.69. The Morgan fingerprint density at radius 3 is 3.15 bits per heavy atom.